The molecular formula is C50H94O5. The van der Waals surface area contributed by atoms with E-state index in [-0.39, 0.29) is 25.2 Å². The van der Waals surface area contributed by atoms with Gasteiger partial charge in [0.15, 0.2) is 6.10 Å². The molecule has 0 saturated carbocycles. The molecule has 0 spiro atoms. The minimum absolute atomic E-state index is 0.0640. The molecule has 5 heteroatoms. The third kappa shape index (κ3) is 45.0. The molecule has 1 N–H and O–H groups in total. The van der Waals surface area contributed by atoms with Crippen LogP contribution in [0.2, 0.25) is 0 Å². The number of hydrogen-bond donors (Lipinski definition) is 1. The predicted molar refractivity (Wildman–Crippen MR) is 238 cm³/mol. The number of unbranched alkanes of at least 4 members (excludes halogenated alkanes) is 33. The predicted octanol–water partition coefficient (Wildman–Crippen LogP) is 15.8. The Morgan fingerprint density at radius 2 is 0.727 bits per heavy atom. The highest BCUT2D eigenvalue weighted by atomic mass is 16.6. The summed E-state index contributed by atoms with van der Waals surface area (Å²) in [6.45, 7) is 4.15. The summed E-state index contributed by atoms with van der Waals surface area (Å²) in [6.07, 6.45) is 56.9. The summed E-state index contributed by atoms with van der Waals surface area (Å²) in [5.74, 6) is -0.585. The lowest BCUT2D eigenvalue weighted by atomic mass is 10.0. The minimum Gasteiger partial charge on any atom is -0.462 e. The highest BCUT2D eigenvalue weighted by Crippen LogP contribution is 2.16. The highest BCUT2D eigenvalue weighted by Gasteiger charge is 2.16. The highest BCUT2D eigenvalue weighted by molar-refractivity contribution is 5.70. The van der Waals surface area contributed by atoms with Crippen LogP contribution in [-0.4, -0.2) is 36.4 Å². The van der Waals surface area contributed by atoms with E-state index >= 15 is 0 Å². The molecule has 55 heavy (non-hydrogen) atoms. The molecular weight excluding hydrogens is 681 g/mol. The number of rotatable bonds is 45. The molecule has 0 aliphatic carbocycles. The fourth-order valence-corrected chi connectivity index (χ4v) is 7.29. The number of aliphatic hydroxyl groups excluding tert-OH is 1. The Labute approximate surface area is 343 Å². The number of allylic oxidation sites excluding steroid dienone is 4. The van der Waals surface area contributed by atoms with Crippen molar-refractivity contribution in [2.45, 2.75) is 270 Å². The van der Waals surface area contributed by atoms with Crippen molar-refractivity contribution in [3.8, 4) is 0 Å². The van der Waals surface area contributed by atoms with Crippen molar-refractivity contribution in [1.82, 2.24) is 0 Å². The first kappa shape index (κ1) is 53.4. The van der Waals surface area contributed by atoms with Crippen molar-refractivity contribution >= 4 is 11.9 Å². The summed E-state index contributed by atoms with van der Waals surface area (Å²) < 4.78 is 10.7. The molecule has 0 radical (unpaired) electrons. The van der Waals surface area contributed by atoms with Crippen molar-refractivity contribution < 1.29 is 24.2 Å². The molecule has 0 heterocycles. The van der Waals surface area contributed by atoms with Gasteiger partial charge in [-0.2, -0.15) is 0 Å². The minimum atomic E-state index is -0.772. The van der Waals surface area contributed by atoms with Gasteiger partial charge in [-0.15, -0.1) is 0 Å². The average Bonchev–Trinajstić information content (AvgIpc) is 3.19. The molecule has 0 saturated heterocycles. The fourth-order valence-electron chi connectivity index (χ4n) is 7.29. The van der Waals surface area contributed by atoms with Crippen LogP contribution in [0.4, 0.5) is 0 Å². The summed E-state index contributed by atoms with van der Waals surface area (Å²) in [7, 11) is 0. The zero-order valence-electron chi connectivity index (χ0n) is 37.0. The van der Waals surface area contributed by atoms with Gasteiger partial charge in [0.25, 0.3) is 0 Å². The van der Waals surface area contributed by atoms with Gasteiger partial charge in [0.05, 0.1) is 6.61 Å². The Morgan fingerprint density at radius 1 is 0.418 bits per heavy atom. The van der Waals surface area contributed by atoms with Crippen LogP contribution >= 0.6 is 0 Å². The molecule has 0 rings (SSSR count). The summed E-state index contributed by atoms with van der Waals surface area (Å²) in [5, 5.41) is 9.61. The van der Waals surface area contributed by atoms with E-state index < -0.39 is 6.10 Å². The molecule has 1 atom stereocenters. The van der Waals surface area contributed by atoms with Gasteiger partial charge in [-0.3, -0.25) is 9.59 Å². The topological polar surface area (TPSA) is 72.8 Å². The van der Waals surface area contributed by atoms with Gasteiger partial charge in [-0.25, -0.2) is 0 Å². The first-order chi connectivity index (χ1) is 27.1. The van der Waals surface area contributed by atoms with E-state index in [1.807, 2.05) is 0 Å². The number of esters is 2. The molecule has 5 nitrogen and oxygen atoms in total. The summed E-state index contributed by atoms with van der Waals surface area (Å²) in [6, 6.07) is 0. The molecule has 324 valence electrons. The fraction of sp³-hybridized carbons (Fsp3) is 0.880. The van der Waals surface area contributed by atoms with Crippen LogP contribution in [0, 0.1) is 0 Å². The number of hydrogen-bond acceptors (Lipinski definition) is 5. The van der Waals surface area contributed by atoms with Gasteiger partial charge in [0.2, 0.25) is 0 Å². The first-order valence-corrected chi connectivity index (χ1v) is 24.4. The second-order valence-electron chi connectivity index (χ2n) is 16.5. The Bertz CT molecular complexity index is 836. The third-order valence-electron chi connectivity index (χ3n) is 11.0. The molecule has 0 aromatic heterocycles. The van der Waals surface area contributed by atoms with Gasteiger partial charge in [-0.05, 0) is 44.9 Å². The summed E-state index contributed by atoms with van der Waals surface area (Å²) in [4.78, 5) is 24.4. The van der Waals surface area contributed by atoms with Crippen molar-refractivity contribution in [2.24, 2.45) is 0 Å². The third-order valence-corrected chi connectivity index (χ3v) is 11.0. The van der Waals surface area contributed by atoms with E-state index in [4.69, 9.17) is 9.47 Å². The van der Waals surface area contributed by atoms with Gasteiger partial charge >= 0.3 is 11.9 Å². The lowest BCUT2D eigenvalue weighted by molar-refractivity contribution is -0.161. The van der Waals surface area contributed by atoms with Crippen molar-refractivity contribution in [3.05, 3.63) is 24.3 Å². The van der Waals surface area contributed by atoms with E-state index in [0.29, 0.717) is 12.8 Å². The largest absolute Gasteiger partial charge is 0.462 e. The average molecular weight is 775 g/mol. The molecule has 1 unspecified atom stereocenters. The Hall–Kier alpha value is -1.62. The SMILES string of the molecule is CCCCCC/C=C\C/C=C\CCCCCCCCCC(=O)OC(CO)COC(=O)CCCCCCCCCCCCCCCCCCCCCCCCC. The number of carbonyl (C=O) groups excluding carboxylic acids is 2. The Morgan fingerprint density at radius 3 is 1.09 bits per heavy atom. The first-order valence-electron chi connectivity index (χ1n) is 24.4. The maximum absolute atomic E-state index is 12.2. The van der Waals surface area contributed by atoms with Gasteiger partial charge in [0, 0.05) is 12.8 Å². The summed E-state index contributed by atoms with van der Waals surface area (Å²) >= 11 is 0. The molecule has 0 aliphatic rings. The van der Waals surface area contributed by atoms with Crippen LogP contribution in [0.5, 0.6) is 0 Å². The van der Waals surface area contributed by atoms with Crippen LogP contribution in [-0.2, 0) is 19.1 Å². The van der Waals surface area contributed by atoms with Crippen molar-refractivity contribution in [3.63, 3.8) is 0 Å². The van der Waals surface area contributed by atoms with E-state index in [9.17, 15) is 14.7 Å². The Kier molecular flexibility index (Phi) is 45.4. The van der Waals surface area contributed by atoms with E-state index in [0.717, 1.165) is 44.9 Å². The van der Waals surface area contributed by atoms with Crippen LogP contribution < -0.4 is 0 Å². The second-order valence-corrected chi connectivity index (χ2v) is 16.5. The molecule has 0 aromatic carbocycles. The maximum Gasteiger partial charge on any atom is 0.306 e. The van der Waals surface area contributed by atoms with Gasteiger partial charge in [0.1, 0.15) is 6.61 Å². The van der Waals surface area contributed by atoms with Gasteiger partial charge in [-0.1, -0.05) is 231 Å². The van der Waals surface area contributed by atoms with Crippen molar-refractivity contribution in [2.75, 3.05) is 13.2 Å². The number of carbonyl (C=O) groups is 2. The lowest BCUT2D eigenvalue weighted by Gasteiger charge is -2.15. The summed E-state index contributed by atoms with van der Waals surface area (Å²) in [5.41, 5.74) is 0. The van der Waals surface area contributed by atoms with E-state index in [1.54, 1.807) is 0 Å². The smallest absolute Gasteiger partial charge is 0.306 e. The molecule has 0 aromatic rings. The van der Waals surface area contributed by atoms with E-state index in [1.165, 1.54) is 193 Å². The van der Waals surface area contributed by atoms with Crippen LogP contribution in [0.15, 0.2) is 24.3 Å². The maximum atomic E-state index is 12.2. The Balaban J connectivity index is 3.47. The van der Waals surface area contributed by atoms with E-state index in [2.05, 4.69) is 38.2 Å². The lowest BCUT2D eigenvalue weighted by Crippen LogP contribution is -2.28. The zero-order chi connectivity index (χ0) is 40.0. The molecule has 0 fully saturated rings. The normalized spacial score (nSPS) is 12.3. The van der Waals surface area contributed by atoms with Crippen LogP contribution in [0.3, 0.4) is 0 Å². The second kappa shape index (κ2) is 46.8. The molecule has 0 aliphatic heterocycles. The molecule has 0 amide bonds. The zero-order valence-corrected chi connectivity index (χ0v) is 37.0. The quantitative estimate of drug-likeness (QED) is 0.0379. The van der Waals surface area contributed by atoms with Crippen molar-refractivity contribution in [1.29, 1.82) is 0 Å². The molecule has 0 bridgehead atoms. The number of aliphatic hydroxyl groups is 1. The van der Waals surface area contributed by atoms with Crippen LogP contribution in [0.1, 0.15) is 264 Å². The monoisotopic (exact) mass is 775 g/mol. The standard InChI is InChI=1S/C50H94O5/c1-3-5-7-9-11-13-15-17-19-21-23-24-25-26-27-29-30-32-34-36-38-40-42-44-49(52)54-47-48(46-51)55-50(53)45-43-41-39-37-35-33-31-28-22-20-18-16-14-12-10-8-6-4-2/h14,16,20,22,48,51H,3-13,15,17-19,21,23-47H2,1-2H3/b16-14-,22-20-. The number of ether oxygens (including phenoxy) is 2. The van der Waals surface area contributed by atoms with Crippen LogP contribution in [0.25, 0.3) is 0 Å². The van der Waals surface area contributed by atoms with Gasteiger partial charge < -0.3 is 14.6 Å².